The van der Waals surface area contributed by atoms with Crippen LogP contribution >= 0.6 is 15.9 Å². The Labute approximate surface area is 171 Å². The third-order valence-corrected chi connectivity index (χ3v) is 6.69. The molecule has 0 fully saturated rings. The molecule has 27 heavy (non-hydrogen) atoms. The lowest BCUT2D eigenvalue weighted by molar-refractivity contribution is 0.0883. The summed E-state index contributed by atoms with van der Waals surface area (Å²) in [6.07, 6.45) is 2.09. The SMILES string of the molecule is Cc1ccc(-c2cn(COCC[Si](C)(C)C)c(-c3ccc(Br)cc3)n2)cc1. The summed E-state index contributed by atoms with van der Waals surface area (Å²) in [5, 5.41) is 0. The van der Waals surface area contributed by atoms with Crippen molar-refractivity contribution >= 4 is 24.0 Å². The summed E-state index contributed by atoms with van der Waals surface area (Å²) in [6.45, 7) is 10.5. The van der Waals surface area contributed by atoms with Crippen LogP contribution in [0.15, 0.2) is 59.2 Å². The van der Waals surface area contributed by atoms with E-state index in [0.29, 0.717) is 6.73 Å². The number of nitrogens with zero attached hydrogens (tertiary/aromatic N) is 2. The number of ether oxygens (including phenoxy) is 1. The zero-order chi connectivity index (χ0) is 19.4. The van der Waals surface area contributed by atoms with Crippen molar-refractivity contribution in [3.63, 3.8) is 0 Å². The molecule has 0 spiro atoms. The van der Waals surface area contributed by atoms with Crippen LogP contribution < -0.4 is 0 Å². The van der Waals surface area contributed by atoms with Crippen molar-refractivity contribution in [3.05, 3.63) is 64.8 Å². The molecular formula is C22H27BrN2OSi. The highest BCUT2D eigenvalue weighted by Gasteiger charge is 2.14. The van der Waals surface area contributed by atoms with Crippen molar-refractivity contribution < 1.29 is 4.74 Å². The quantitative estimate of drug-likeness (QED) is 0.304. The highest BCUT2D eigenvalue weighted by atomic mass is 79.9. The van der Waals surface area contributed by atoms with E-state index < -0.39 is 8.07 Å². The van der Waals surface area contributed by atoms with Crippen LogP contribution in [-0.4, -0.2) is 24.2 Å². The molecule has 0 N–H and O–H groups in total. The summed E-state index contributed by atoms with van der Waals surface area (Å²) in [5.74, 6) is 0.936. The number of aryl methyl sites for hydroxylation is 1. The van der Waals surface area contributed by atoms with Crippen LogP contribution in [0.5, 0.6) is 0 Å². The highest BCUT2D eigenvalue weighted by molar-refractivity contribution is 9.10. The van der Waals surface area contributed by atoms with Crippen molar-refractivity contribution in [2.24, 2.45) is 0 Å². The number of benzene rings is 2. The predicted molar refractivity (Wildman–Crippen MR) is 120 cm³/mol. The lowest BCUT2D eigenvalue weighted by Crippen LogP contribution is -2.22. The Kier molecular flexibility index (Phi) is 6.35. The lowest BCUT2D eigenvalue weighted by atomic mass is 10.1. The van der Waals surface area contributed by atoms with Gasteiger partial charge in [0, 0.05) is 36.5 Å². The fourth-order valence-electron chi connectivity index (χ4n) is 2.75. The third-order valence-electron chi connectivity index (χ3n) is 4.45. The Morgan fingerprint density at radius 1 is 0.963 bits per heavy atom. The van der Waals surface area contributed by atoms with Gasteiger partial charge in [0.15, 0.2) is 0 Å². The molecule has 3 aromatic rings. The number of rotatable bonds is 7. The molecule has 0 aliphatic heterocycles. The van der Waals surface area contributed by atoms with E-state index in [1.807, 2.05) is 12.1 Å². The molecule has 3 nitrogen and oxygen atoms in total. The van der Waals surface area contributed by atoms with Gasteiger partial charge in [-0.3, -0.25) is 0 Å². The fourth-order valence-corrected chi connectivity index (χ4v) is 3.77. The molecule has 1 heterocycles. The van der Waals surface area contributed by atoms with Crippen LogP contribution in [0.2, 0.25) is 25.7 Å². The van der Waals surface area contributed by atoms with E-state index in [1.165, 1.54) is 11.6 Å². The number of halogens is 1. The predicted octanol–water partition coefficient (Wildman–Crippen LogP) is 6.60. The van der Waals surface area contributed by atoms with Gasteiger partial charge in [-0.05, 0) is 25.1 Å². The normalized spacial score (nSPS) is 11.7. The Morgan fingerprint density at radius 2 is 1.59 bits per heavy atom. The second-order valence-corrected chi connectivity index (χ2v) is 14.7. The molecule has 0 saturated heterocycles. The van der Waals surface area contributed by atoms with Gasteiger partial charge in [-0.15, -0.1) is 0 Å². The smallest absolute Gasteiger partial charge is 0.142 e. The Morgan fingerprint density at radius 3 is 2.22 bits per heavy atom. The first-order valence-corrected chi connectivity index (χ1v) is 13.8. The summed E-state index contributed by atoms with van der Waals surface area (Å²) in [7, 11) is -1.09. The average Bonchev–Trinajstić information content (AvgIpc) is 3.03. The number of imidazole rings is 1. The maximum Gasteiger partial charge on any atom is 0.142 e. The van der Waals surface area contributed by atoms with E-state index in [0.717, 1.165) is 33.7 Å². The van der Waals surface area contributed by atoms with Crippen LogP contribution in [0.4, 0.5) is 0 Å². The molecule has 0 bridgehead atoms. The molecule has 0 aliphatic rings. The van der Waals surface area contributed by atoms with Gasteiger partial charge in [-0.25, -0.2) is 4.98 Å². The van der Waals surface area contributed by atoms with Gasteiger partial charge < -0.3 is 9.30 Å². The number of hydrogen-bond donors (Lipinski definition) is 0. The molecule has 0 aliphatic carbocycles. The zero-order valence-electron chi connectivity index (χ0n) is 16.5. The monoisotopic (exact) mass is 442 g/mol. The van der Waals surface area contributed by atoms with Crippen LogP contribution in [0.3, 0.4) is 0 Å². The second-order valence-electron chi connectivity index (χ2n) is 8.14. The van der Waals surface area contributed by atoms with E-state index in [1.54, 1.807) is 0 Å². The molecule has 3 rings (SSSR count). The van der Waals surface area contributed by atoms with Gasteiger partial charge in [-0.1, -0.05) is 77.5 Å². The molecule has 0 amide bonds. The molecular weight excluding hydrogens is 416 g/mol. The average molecular weight is 443 g/mol. The molecule has 0 radical (unpaired) electrons. The topological polar surface area (TPSA) is 27.1 Å². The first-order chi connectivity index (χ1) is 12.8. The standard InChI is InChI=1S/C22H27BrN2OSi/c1-17-5-7-18(8-6-17)21-15-25(16-26-13-14-27(2,3)4)22(24-21)19-9-11-20(23)12-10-19/h5-12,15H,13-14,16H2,1-4H3. The van der Waals surface area contributed by atoms with Gasteiger partial charge in [0.1, 0.15) is 12.6 Å². The van der Waals surface area contributed by atoms with Gasteiger partial charge in [0.25, 0.3) is 0 Å². The van der Waals surface area contributed by atoms with Crippen LogP contribution in [0.1, 0.15) is 5.56 Å². The molecule has 1 aromatic heterocycles. The van der Waals surface area contributed by atoms with Crippen molar-refractivity contribution in [1.82, 2.24) is 9.55 Å². The Bertz CT molecular complexity index is 880. The van der Waals surface area contributed by atoms with Crippen molar-refractivity contribution in [3.8, 4) is 22.6 Å². The second kappa shape index (κ2) is 8.55. The van der Waals surface area contributed by atoms with E-state index in [-0.39, 0.29) is 0 Å². The van der Waals surface area contributed by atoms with E-state index >= 15 is 0 Å². The Balaban J connectivity index is 1.87. The third kappa shape index (κ3) is 5.64. The lowest BCUT2D eigenvalue weighted by Gasteiger charge is -2.16. The minimum absolute atomic E-state index is 0.523. The van der Waals surface area contributed by atoms with E-state index in [2.05, 4.69) is 89.7 Å². The van der Waals surface area contributed by atoms with Gasteiger partial charge in [-0.2, -0.15) is 0 Å². The zero-order valence-corrected chi connectivity index (χ0v) is 19.1. The van der Waals surface area contributed by atoms with E-state index in [9.17, 15) is 0 Å². The van der Waals surface area contributed by atoms with Crippen LogP contribution in [0.25, 0.3) is 22.6 Å². The minimum atomic E-state index is -1.09. The molecule has 0 atom stereocenters. The number of aromatic nitrogens is 2. The molecule has 0 unspecified atom stereocenters. The summed E-state index contributed by atoms with van der Waals surface area (Å²) in [6, 6.07) is 17.9. The van der Waals surface area contributed by atoms with E-state index in [4.69, 9.17) is 9.72 Å². The fraction of sp³-hybridized carbons (Fsp3) is 0.318. The summed E-state index contributed by atoms with van der Waals surface area (Å²) < 4.78 is 9.18. The van der Waals surface area contributed by atoms with Gasteiger partial charge in [0.2, 0.25) is 0 Å². The summed E-state index contributed by atoms with van der Waals surface area (Å²) in [4.78, 5) is 4.91. The minimum Gasteiger partial charge on any atom is -0.361 e. The van der Waals surface area contributed by atoms with Crippen molar-refractivity contribution in [2.75, 3.05) is 6.61 Å². The van der Waals surface area contributed by atoms with Crippen LogP contribution in [0, 0.1) is 6.92 Å². The van der Waals surface area contributed by atoms with Crippen molar-refractivity contribution in [1.29, 1.82) is 0 Å². The largest absolute Gasteiger partial charge is 0.361 e. The van der Waals surface area contributed by atoms with Gasteiger partial charge in [0.05, 0.1) is 5.69 Å². The highest BCUT2D eigenvalue weighted by Crippen LogP contribution is 2.26. The maximum atomic E-state index is 6.00. The molecule has 0 saturated carbocycles. The Hall–Kier alpha value is -1.69. The molecule has 5 heteroatoms. The first kappa shape index (κ1) is 20.1. The summed E-state index contributed by atoms with van der Waals surface area (Å²) >= 11 is 3.51. The van der Waals surface area contributed by atoms with Crippen molar-refractivity contribution in [2.45, 2.75) is 39.3 Å². The molecule has 142 valence electrons. The number of hydrogen-bond acceptors (Lipinski definition) is 2. The van der Waals surface area contributed by atoms with Crippen LogP contribution in [-0.2, 0) is 11.5 Å². The summed E-state index contributed by atoms with van der Waals surface area (Å²) in [5.41, 5.74) is 4.44. The van der Waals surface area contributed by atoms with Gasteiger partial charge >= 0.3 is 0 Å². The maximum absolute atomic E-state index is 6.00. The first-order valence-electron chi connectivity index (χ1n) is 9.30. The molecule has 2 aromatic carbocycles.